The first-order valence-electron chi connectivity index (χ1n) is 12.4. The van der Waals surface area contributed by atoms with Crippen molar-refractivity contribution in [1.82, 2.24) is 15.2 Å². The number of alkyl halides is 1. The maximum atomic E-state index is 14.4. The van der Waals surface area contributed by atoms with E-state index in [2.05, 4.69) is 64.0 Å². The van der Waals surface area contributed by atoms with E-state index in [1.54, 1.807) is 6.20 Å². The average Bonchev–Trinajstić information content (AvgIpc) is 3.33. The summed E-state index contributed by atoms with van der Waals surface area (Å²) in [6.07, 6.45) is 3.32. The Morgan fingerprint density at radius 1 is 1.18 bits per heavy atom. The number of fused-ring (bicyclic) bond motifs is 1. The molecule has 1 aliphatic carbocycles. The number of nitrogens with one attached hydrogen (secondary N) is 1. The van der Waals surface area contributed by atoms with E-state index in [1.807, 2.05) is 23.1 Å². The van der Waals surface area contributed by atoms with Crippen molar-refractivity contribution in [3.63, 3.8) is 0 Å². The number of aromatic nitrogens is 1. The van der Waals surface area contributed by atoms with Crippen LogP contribution in [0.4, 0.5) is 10.1 Å². The predicted octanol–water partition coefficient (Wildman–Crippen LogP) is 5.32. The maximum Gasteiger partial charge on any atom is 0.231 e. The van der Waals surface area contributed by atoms with Crippen molar-refractivity contribution < 1.29 is 9.18 Å². The Morgan fingerprint density at radius 3 is 2.53 bits per heavy atom. The van der Waals surface area contributed by atoms with Gasteiger partial charge >= 0.3 is 0 Å². The molecule has 0 saturated carbocycles. The van der Waals surface area contributed by atoms with Crippen LogP contribution < -0.4 is 10.2 Å². The van der Waals surface area contributed by atoms with Crippen LogP contribution in [-0.2, 0) is 4.79 Å². The number of piperazine rings is 1. The minimum absolute atomic E-state index is 0.0456. The summed E-state index contributed by atoms with van der Waals surface area (Å²) in [5.74, 6) is 0.181. The Morgan fingerprint density at radius 2 is 1.88 bits per heavy atom. The minimum atomic E-state index is -0.970. The maximum absolute atomic E-state index is 14.4. The van der Waals surface area contributed by atoms with Gasteiger partial charge in [0, 0.05) is 59.7 Å². The summed E-state index contributed by atoms with van der Waals surface area (Å²) < 4.78 is 15.4. The lowest BCUT2D eigenvalue weighted by molar-refractivity contribution is -0.133. The van der Waals surface area contributed by atoms with Crippen molar-refractivity contribution in [3.05, 3.63) is 57.8 Å². The number of pyridine rings is 1. The first-order chi connectivity index (χ1) is 16.2. The van der Waals surface area contributed by atoms with E-state index in [4.69, 9.17) is 0 Å². The molecule has 1 aromatic carbocycles. The second kappa shape index (κ2) is 9.23. The highest BCUT2D eigenvalue weighted by molar-refractivity contribution is 9.10. The van der Waals surface area contributed by atoms with Gasteiger partial charge in [-0.05, 0) is 62.8 Å². The smallest absolute Gasteiger partial charge is 0.231 e. The predicted molar refractivity (Wildman–Crippen MR) is 137 cm³/mol. The van der Waals surface area contributed by atoms with Crippen LogP contribution in [0.3, 0.4) is 0 Å². The molecule has 0 bridgehead atoms. The third kappa shape index (κ3) is 4.49. The van der Waals surface area contributed by atoms with Crippen LogP contribution in [0.5, 0.6) is 0 Å². The molecule has 1 amide bonds. The van der Waals surface area contributed by atoms with Crippen molar-refractivity contribution in [2.45, 2.75) is 69.6 Å². The molecule has 3 aliphatic rings. The fraction of sp³-hybridized carbons (Fsp3) is 0.556. The van der Waals surface area contributed by atoms with Crippen LogP contribution >= 0.6 is 15.9 Å². The van der Waals surface area contributed by atoms with Gasteiger partial charge in [0.25, 0.3) is 0 Å². The second-order valence-corrected chi connectivity index (χ2v) is 11.7. The lowest BCUT2D eigenvalue weighted by Crippen LogP contribution is -2.53. The van der Waals surface area contributed by atoms with E-state index >= 15 is 0 Å². The van der Waals surface area contributed by atoms with Gasteiger partial charge in [-0.2, -0.15) is 0 Å². The van der Waals surface area contributed by atoms with Gasteiger partial charge in [0.15, 0.2) is 0 Å². The quantitative estimate of drug-likeness (QED) is 0.582. The molecular formula is C27H34BrFN4O. The van der Waals surface area contributed by atoms with E-state index in [0.717, 1.165) is 47.2 Å². The standard InChI is InChI=1S/C27H34BrFN4O/c1-17-16-20(29)25-23(17)22(9-11-30-25)32-12-14-33(15-13-32)26(34)24(18-4-6-19(28)7-5-18)21-8-10-27(2,3)31-21/h4-7,9,11,17,20-21,24,31H,8,10,12-16H2,1-3H3/t17-,20+,21+,24+/m1/s1. The molecule has 0 unspecified atom stereocenters. The first kappa shape index (κ1) is 23.7. The third-order valence-electron chi connectivity index (χ3n) is 7.83. The highest BCUT2D eigenvalue weighted by Gasteiger charge is 2.41. The number of amides is 1. The number of hydrogen-bond donors (Lipinski definition) is 1. The Bertz CT molecular complexity index is 1050. The van der Waals surface area contributed by atoms with Gasteiger partial charge in [0.2, 0.25) is 5.91 Å². The van der Waals surface area contributed by atoms with Gasteiger partial charge in [-0.25, -0.2) is 4.39 Å². The fourth-order valence-corrected chi connectivity index (χ4v) is 6.31. The molecule has 182 valence electrons. The normalized spacial score (nSPS) is 27.0. The molecular weight excluding hydrogens is 495 g/mol. The number of anilines is 1. The average molecular weight is 529 g/mol. The fourth-order valence-electron chi connectivity index (χ4n) is 6.04. The molecule has 7 heteroatoms. The van der Waals surface area contributed by atoms with E-state index in [0.29, 0.717) is 25.2 Å². The molecule has 3 heterocycles. The van der Waals surface area contributed by atoms with Gasteiger partial charge in [0.05, 0.1) is 11.6 Å². The van der Waals surface area contributed by atoms with Gasteiger partial charge in [-0.15, -0.1) is 0 Å². The van der Waals surface area contributed by atoms with Gasteiger partial charge < -0.3 is 15.1 Å². The Balaban J connectivity index is 1.33. The van der Waals surface area contributed by atoms with Crippen LogP contribution in [0.1, 0.15) is 74.9 Å². The van der Waals surface area contributed by atoms with Crippen LogP contribution in [0, 0.1) is 0 Å². The molecule has 2 fully saturated rings. The molecule has 1 N–H and O–H groups in total. The van der Waals surface area contributed by atoms with Crippen LogP contribution in [0.15, 0.2) is 41.0 Å². The van der Waals surface area contributed by atoms with Crippen molar-refractivity contribution in [3.8, 4) is 0 Å². The zero-order valence-electron chi connectivity index (χ0n) is 20.2. The second-order valence-electron chi connectivity index (χ2n) is 10.7. The van der Waals surface area contributed by atoms with Crippen LogP contribution in [-0.4, -0.2) is 53.6 Å². The van der Waals surface area contributed by atoms with E-state index in [1.165, 1.54) is 0 Å². The number of benzene rings is 1. The summed E-state index contributed by atoms with van der Waals surface area (Å²) >= 11 is 3.52. The largest absolute Gasteiger partial charge is 0.368 e. The SMILES string of the molecule is C[C@@H]1C[C@H](F)c2nccc(N3CCN(C(=O)[C@@H](c4ccc(Br)cc4)[C@@H]4CCC(C)(C)N4)CC3)c21. The number of rotatable bonds is 4. The summed E-state index contributed by atoms with van der Waals surface area (Å²) in [7, 11) is 0. The summed E-state index contributed by atoms with van der Waals surface area (Å²) in [6, 6.07) is 10.3. The van der Waals surface area contributed by atoms with Crippen molar-refractivity contribution in [2.75, 3.05) is 31.1 Å². The zero-order chi connectivity index (χ0) is 24.0. The van der Waals surface area contributed by atoms with E-state index in [9.17, 15) is 9.18 Å². The topological polar surface area (TPSA) is 48.5 Å². The van der Waals surface area contributed by atoms with Crippen molar-refractivity contribution in [1.29, 1.82) is 0 Å². The summed E-state index contributed by atoms with van der Waals surface area (Å²) in [5, 5.41) is 3.72. The molecule has 5 rings (SSSR count). The highest BCUT2D eigenvalue weighted by atomic mass is 79.9. The number of hydrogen-bond acceptors (Lipinski definition) is 4. The summed E-state index contributed by atoms with van der Waals surface area (Å²) in [5.41, 5.74) is 3.87. The molecule has 5 nitrogen and oxygen atoms in total. The van der Waals surface area contributed by atoms with Crippen LogP contribution in [0.25, 0.3) is 0 Å². The van der Waals surface area contributed by atoms with Crippen molar-refractivity contribution >= 4 is 27.5 Å². The molecule has 34 heavy (non-hydrogen) atoms. The Hall–Kier alpha value is -1.99. The zero-order valence-corrected chi connectivity index (χ0v) is 21.8. The highest BCUT2D eigenvalue weighted by Crippen LogP contribution is 2.45. The molecule has 2 aliphatic heterocycles. The molecule has 2 saturated heterocycles. The third-order valence-corrected chi connectivity index (χ3v) is 8.36. The number of carbonyl (C=O) groups excluding carboxylic acids is 1. The summed E-state index contributed by atoms with van der Waals surface area (Å²) in [4.78, 5) is 22.6. The first-order valence-corrected chi connectivity index (χ1v) is 13.2. The minimum Gasteiger partial charge on any atom is -0.368 e. The number of carbonyl (C=O) groups is 1. The number of nitrogens with zero attached hydrogens (tertiary/aromatic N) is 3. The van der Waals surface area contributed by atoms with E-state index < -0.39 is 6.17 Å². The van der Waals surface area contributed by atoms with Crippen molar-refractivity contribution in [2.24, 2.45) is 0 Å². The molecule has 1 aromatic heterocycles. The van der Waals surface area contributed by atoms with Gasteiger partial charge in [-0.1, -0.05) is 35.0 Å². The van der Waals surface area contributed by atoms with E-state index in [-0.39, 0.29) is 29.3 Å². The Kier molecular flexibility index (Phi) is 6.44. The lowest BCUT2D eigenvalue weighted by atomic mass is 9.88. The van der Waals surface area contributed by atoms with Crippen LogP contribution in [0.2, 0.25) is 0 Å². The Labute approximate surface area is 210 Å². The van der Waals surface area contributed by atoms with Gasteiger partial charge in [-0.3, -0.25) is 9.78 Å². The number of halogens is 2. The monoisotopic (exact) mass is 528 g/mol. The molecule has 0 radical (unpaired) electrons. The molecule has 4 atom stereocenters. The molecule has 0 spiro atoms. The van der Waals surface area contributed by atoms with Gasteiger partial charge in [0.1, 0.15) is 6.17 Å². The molecule has 2 aromatic rings. The summed E-state index contributed by atoms with van der Waals surface area (Å²) in [6.45, 7) is 9.36. The lowest BCUT2D eigenvalue weighted by Gasteiger charge is -2.39.